The van der Waals surface area contributed by atoms with Gasteiger partial charge in [0.1, 0.15) is 6.54 Å². The smallest absolute Gasteiger partial charge is 0.235 e. The third-order valence-electron chi connectivity index (χ3n) is 0.431. The van der Waals surface area contributed by atoms with Gasteiger partial charge in [-0.2, -0.15) is 4.99 Å². The Kier molecular flexibility index (Phi) is 3.27. The van der Waals surface area contributed by atoms with Crippen LogP contribution in [-0.2, 0) is 14.4 Å². The molecule has 0 radical (unpaired) electrons. The number of hydrogen-bond donors (Lipinski definition) is 0. The van der Waals surface area contributed by atoms with Crippen molar-refractivity contribution in [2.75, 3.05) is 6.54 Å². The first-order chi connectivity index (χ1) is 3.81. The summed E-state index contributed by atoms with van der Waals surface area (Å²) >= 11 is 0. The zero-order valence-corrected chi connectivity index (χ0v) is 3.96. The number of isocyanates is 1. The van der Waals surface area contributed by atoms with Crippen LogP contribution in [0.1, 0.15) is 0 Å². The van der Waals surface area contributed by atoms with E-state index in [0.717, 1.165) is 6.08 Å². The fourth-order valence-corrected chi connectivity index (χ4v) is 0.147. The number of hydrogen-bond acceptors (Lipinski definition) is 4. The van der Waals surface area contributed by atoms with Gasteiger partial charge in [-0.3, -0.25) is 9.59 Å². The molecule has 0 unspecified atom stereocenters. The van der Waals surface area contributed by atoms with E-state index < -0.39 is 5.78 Å². The second kappa shape index (κ2) is 3.89. The summed E-state index contributed by atoms with van der Waals surface area (Å²) in [6, 6.07) is 0. The molecular weight excluding hydrogens is 110 g/mol. The van der Waals surface area contributed by atoms with Crippen molar-refractivity contribution >= 4 is 18.1 Å². The Morgan fingerprint density at radius 1 is 1.75 bits per heavy atom. The summed E-state index contributed by atoms with van der Waals surface area (Å²) in [4.78, 5) is 31.5. The number of Topliss-reactive ketones (excluding diaryl/α,β-unsaturated/α-hetero) is 1. The van der Waals surface area contributed by atoms with Crippen molar-refractivity contribution in [3.63, 3.8) is 0 Å². The molecule has 0 spiro atoms. The van der Waals surface area contributed by atoms with Crippen LogP contribution < -0.4 is 0 Å². The van der Waals surface area contributed by atoms with Gasteiger partial charge in [0, 0.05) is 0 Å². The van der Waals surface area contributed by atoms with E-state index in [-0.39, 0.29) is 12.8 Å². The third kappa shape index (κ3) is 2.93. The first-order valence-corrected chi connectivity index (χ1v) is 1.83. The van der Waals surface area contributed by atoms with Crippen LogP contribution in [0.2, 0.25) is 0 Å². The first kappa shape index (κ1) is 6.72. The highest BCUT2D eigenvalue weighted by molar-refractivity contribution is 6.26. The average molecular weight is 113 g/mol. The molecule has 0 fully saturated rings. The molecule has 0 atom stereocenters. The number of carbonyl (C=O) groups excluding carboxylic acids is 3. The summed E-state index contributed by atoms with van der Waals surface area (Å²) in [5.74, 6) is -0.714. The molecule has 0 heterocycles. The van der Waals surface area contributed by atoms with Crippen LogP contribution in [0.15, 0.2) is 4.99 Å². The zero-order chi connectivity index (χ0) is 6.41. The van der Waals surface area contributed by atoms with Gasteiger partial charge in [0.2, 0.25) is 11.9 Å². The van der Waals surface area contributed by atoms with E-state index in [1.54, 1.807) is 0 Å². The van der Waals surface area contributed by atoms with E-state index in [0.29, 0.717) is 0 Å². The molecule has 0 N–H and O–H groups in total. The fourth-order valence-electron chi connectivity index (χ4n) is 0.147. The van der Waals surface area contributed by atoms with Crippen LogP contribution in [0.3, 0.4) is 0 Å². The highest BCUT2D eigenvalue weighted by Gasteiger charge is 1.92. The number of aldehydes is 1. The summed E-state index contributed by atoms with van der Waals surface area (Å²) in [7, 11) is 0. The van der Waals surface area contributed by atoms with Crippen LogP contribution in [0.5, 0.6) is 0 Å². The van der Waals surface area contributed by atoms with Crippen molar-refractivity contribution in [3.8, 4) is 0 Å². The van der Waals surface area contributed by atoms with E-state index in [4.69, 9.17) is 0 Å². The van der Waals surface area contributed by atoms with Crippen molar-refractivity contribution in [3.05, 3.63) is 0 Å². The van der Waals surface area contributed by atoms with Crippen LogP contribution in [0.4, 0.5) is 0 Å². The highest BCUT2D eigenvalue weighted by atomic mass is 16.2. The Balaban J connectivity index is 3.55. The summed E-state index contributed by atoms with van der Waals surface area (Å²) < 4.78 is 0. The molecule has 0 aliphatic heterocycles. The van der Waals surface area contributed by atoms with Crippen molar-refractivity contribution < 1.29 is 14.4 Å². The molecular formula is C4H3NO3. The minimum Gasteiger partial charge on any atom is -0.295 e. The Hall–Kier alpha value is -1.28. The lowest BCUT2D eigenvalue weighted by atomic mass is 10.4. The van der Waals surface area contributed by atoms with Gasteiger partial charge in [-0.05, 0) is 0 Å². The average Bonchev–Trinajstić information content (AvgIpc) is 1.83. The molecule has 0 aromatic heterocycles. The fraction of sp³-hybridized carbons (Fsp3) is 0.250. The molecule has 8 heavy (non-hydrogen) atoms. The monoisotopic (exact) mass is 113 g/mol. The summed E-state index contributed by atoms with van der Waals surface area (Å²) in [5.41, 5.74) is 0. The number of rotatable bonds is 3. The lowest BCUT2D eigenvalue weighted by Gasteiger charge is -1.73. The van der Waals surface area contributed by atoms with E-state index in [9.17, 15) is 14.4 Å². The van der Waals surface area contributed by atoms with Crippen molar-refractivity contribution in [1.29, 1.82) is 0 Å². The quantitative estimate of drug-likeness (QED) is 0.206. The molecule has 0 aromatic carbocycles. The predicted molar refractivity (Wildman–Crippen MR) is 24.1 cm³/mol. The molecule has 0 saturated heterocycles. The van der Waals surface area contributed by atoms with Crippen LogP contribution in [0, 0.1) is 0 Å². The van der Waals surface area contributed by atoms with E-state index in [1.807, 2.05) is 0 Å². The predicted octanol–water partition coefficient (Wildman–Crippen LogP) is -0.910. The number of ketones is 1. The Bertz CT molecular complexity index is 145. The Morgan fingerprint density at radius 2 is 2.38 bits per heavy atom. The van der Waals surface area contributed by atoms with Gasteiger partial charge in [-0.15, -0.1) is 0 Å². The van der Waals surface area contributed by atoms with Crippen molar-refractivity contribution in [1.82, 2.24) is 0 Å². The first-order valence-electron chi connectivity index (χ1n) is 1.83. The molecule has 0 aliphatic rings. The van der Waals surface area contributed by atoms with Gasteiger partial charge in [0.25, 0.3) is 0 Å². The zero-order valence-electron chi connectivity index (χ0n) is 3.96. The van der Waals surface area contributed by atoms with Crippen molar-refractivity contribution in [2.45, 2.75) is 0 Å². The van der Waals surface area contributed by atoms with Gasteiger partial charge in [0.15, 0.2) is 6.29 Å². The molecule has 0 rings (SSSR count). The third-order valence-corrected chi connectivity index (χ3v) is 0.431. The second-order valence-corrected chi connectivity index (χ2v) is 0.992. The minimum absolute atomic E-state index is 0.112. The summed E-state index contributed by atoms with van der Waals surface area (Å²) in [6.45, 7) is -0.382. The number of carbonyl (C=O) groups is 2. The molecule has 0 bridgehead atoms. The molecule has 42 valence electrons. The molecule has 0 amide bonds. The maximum absolute atomic E-state index is 9.93. The van der Waals surface area contributed by atoms with Gasteiger partial charge < -0.3 is 0 Å². The van der Waals surface area contributed by atoms with Gasteiger partial charge in [-0.25, -0.2) is 4.79 Å². The lowest BCUT2D eigenvalue weighted by molar-refractivity contribution is -0.128. The topological polar surface area (TPSA) is 63.6 Å². The number of aliphatic imine (C=N–C) groups is 1. The van der Waals surface area contributed by atoms with E-state index in [1.165, 1.54) is 0 Å². The normalized spacial score (nSPS) is 7.00. The van der Waals surface area contributed by atoms with Crippen molar-refractivity contribution in [2.24, 2.45) is 4.99 Å². The van der Waals surface area contributed by atoms with Crippen LogP contribution in [0.25, 0.3) is 0 Å². The van der Waals surface area contributed by atoms with Crippen LogP contribution in [-0.4, -0.2) is 24.7 Å². The molecule has 0 aliphatic carbocycles. The summed E-state index contributed by atoms with van der Waals surface area (Å²) in [5, 5.41) is 0. The SMILES string of the molecule is O=C=NCC(=O)C=O. The minimum atomic E-state index is -0.714. The molecule has 4 nitrogen and oxygen atoms in total. The van der Waals surface area contributed by atoms with Gasteiger partial charge in [0.05, 0.1) is 0 Å². The number of nitrogens with zero attached hydrogens (tertiary/aromatic N) is 1. The van der Waals surface area contributed by atoms with Gasteiger partial charge >= 0.3 is 0 Å². The van der Waals surface area contributed by atoms with Crippen LogP contribution >= 0.6 is 0 Å². The van der Waals surface area contributed by atoms with E-state index >= 15 is 0 Å². The standard InChI is InChI=1S/C4H3NO3/c6-2-4(8)1-5-3-7/h2H,1H2. The Morgan fingerprint density at radius 3 is 2.75 bits per heavy atom. The van der Waals surface area contributed by atoms with Gasteiger partial charge in [-0.1, -0.05) is 0 Å². The molecule has 0 aromatic rings. The molecule has 4 heteroatoms. The largest absolute Gasteiger partial charge is 0.295 e. The molecule has 0 saturated carbocycles. The lowest BCUT2D eigenvalue weighted by Crippen LogP contribution is -2.01. The maximum atomic E-state index is 9.93. The highest BCUT2D eigenvalue weighted by Crippen LogP contribution is 1.64. The Labute approximate surface area is 45.2 Å². The maximum Gasteiger partial charge on any atom is 0.235 e. The summed E-state index contributed by atoms with van der Waals surface area (Å²) in [6.07, 6.45) is 1.24. The second-order valence-electron chi connectivity index (χ2n) is 0.992. The van der Waals surface area contributed by atoms with E-state index in [2.05, 4.69) is 4.99 Å².